The van der Waals surface area contributed by atoms with E-state index in [0.29, 0.717) is 0 Å². The monoisotopic (exact) mass is 282 g/mol. The predicted molar refractivity (Wildman–Crippen MR) is 70.2 cm³/mol. The van der Waals surface area contributed by atoms with Crippen LogP contribution in [0.15, 0.2) is 22.8 Å². The summed E-state index contributed by atoms with van der Waals surface area (Å²) in [6.45, 7) is 2.30. The van der Waals surface area contributed by atoms with E-state index in [1.807, 2.05) is 12.3 Å². The quantitative estimate of drug-likeness (QED) is 0.904. The molecule has 2 N–H and O–H groups in total. The van der Waals surface area contributed by atoms with Crippen LogP contribution in [0.4, 0.5) is 0 Å². The summed E-state index contributed by atoms with van der Waals surface area (Å²) in [5.74, 6) is 0.759. The SMILES string of the molecule is CC1CCCC(N)(Cc2ccc(Br)cn2)C1. The van der Waals surface area contributed by atoms with Crippen LogP contribution in [0.5, 0.6) is 0 Å². The van der Waals surface area contributed by atoms with Gasteiger partial charge in [-0.15, -0.1) is 0 Å². The molecule has 0 radical (unpaired) electrons. The number of nitrogens with zero attached hydrogens (tertiary/aromatic N) is 1. The van der Waals surface area contributed by atoms with Gasteiger partial charge >= 0.3 is 0 Å². The Kier molecular flexibility index (Phi) is 3.65. The van der Waals surface area contributed by atoms with Gasteiger partial charge < -0.3 is 5.73 Å². The highest BCUT2D eigenvalue weighted by atomic mass is 79.9. The molecule has 16 heavy (non-hydrogen) atoms. The third kappa shape index (κ3) is 3.05. The zero-order valence-electron chi connectivity index (χ0n) is 9.75. The molecule has 1 aliphatic carbocycles. The first kappa shape index (κ1) is 12.1. The summed E-state index contributed by atoms with van der Waals surface area (Å²) in [6.07, 6.45) is 7.61. The lowest BCUT2D eigenvalue weighted by molar-refractivity contribution is 0.234. The van der Waals surface area contributed by atoms with E-state index in [0.717, 1.165) is 35.3 Å². The Hall–Kier alpha value is -0.410. The van der Waals surface area contributed by atoms with Crippen molar-refractivity contribution < 1.29 is 0 Å². The highest BCUT2D eigenvalue weighted by Crippen LogP contribution is 2.32. The molecule has 88 valence electrons. The first-order chi connectivity index (χ1) is 7.57. The summed E-state index contributed by atoms with van der Waals surface area (Å²) in [6, 6.07) is 4.11. The molecule has 0 amide bonds. The van der Waals surface area contributed by atoms with Crippen molar-refractivity contribution in [1.82, 2.24) is 4.98 Å². The summed E-state index contributed by atoms with van der Waals surface area (Å²) < 4.78 is 1.03. The largest absolute Gasteiger partial charge is 0.325 e. The molecule has 1 fully saturated rings. The van der Waals surface area contributed by atoms with Gasteiger partial charge in [-0.25, -0.2) is 0 Å². The third-order valence-corrected chi connectivity index (χ3v) is 3.92. The average Bonchev–Trinajstić information content (AvgIpc) is 2.21. The van der Waals surface area contributed by atoms with Gasteiger partial charge in [0, 0.05) is 28.3 Å². The highest BCUT2D eigenvalue weighted by molar-refractivity contribution is 9.10. The Morgan fingerprint density at radius 2 is 2.38 bits per heavy atom. The second kappa shape index (κ2) is 4.84. The summed E-state index contributed by atoms with van der Waals surface area (Å²) in [7, 11) is 0. The molecule has 0 spiro atoms. The van der Waals surface area contributed by atoms with Crippen molar-refractivity contribution in [2.75, 3.05) is 0 Å². The minimum Gasteiger partial charge on any atom is -0.325 e. The summed E-state index contributed by atoms with van der Waals surface area (Å²) in [4.78, 5) is 4.42. The third-order valence-electron chi connectivity index (χ3n) is 3.45. The maximum atomic E-state index is 6.47. The average molecular weight is 283 g/mol. The Labute approximate surface area is 106 Å². The minimum atomic E-state index is -0.0293. The highest BCUT2D eigenvalue weighted by Gasteiger charge is 2.31. The van der Waals surface area contributed by atoms with Gasteiger partial charge in [-0.3, -0.25) is 4.98 Å². The lowest BCUT2D eigenvalue weighted by Gasteiger charge is -2.36. The van der Waals surface area contributed by atoms with Crippen LogP contribution in [-0.2, 0) is 6.42 Å². The fraction of sp³-hybridized carbons (Fsp3) is 0.615. The van der Waals surface area contributed by atoms with E-state index >= 15 is 0 Å². The van der Waals surface area contributed by atoms with Crippen LogP contribution in [0, 0.1) is 5.92 Å². The molecule has 2 nitrogen and oxygen atoms in total. The van der Waals surface area contributed by atoms with E-state index in [1.54, 1.807) is 0 Å². The van der Waals surface area contributed by atoms with Crippen LogP contribution in [0.25, 0.3) is 0 Å². The van der Waals surface area contributed by atoms with Gasteiger partial charge in [-0.2, -0.15) is 0 Å². The number of hydrogen-bond donors (Lipinski definition) is 1. The lowest BCUT2D eigenvalue weighted by Crippen LogP contribution is -2.46. The Morgan fingerprint density at radius 3 is 3.00 bits per heavy atom. The standard InChI is InChI=1S/C13H19BrN2/c1-10-3-2-6-13(15,7-10)8-12-5-4-11(14)9-16-12/h4-5,9-10H,2-3,6-8,15H2,1H3. The van der Waals surface area contributed by atoms with Crippen molar-refractivity contribution in [2.24, 2.45) is 11.7 Å². The van der Waals surface area contributed by atoms with Crippen LogP contribution < -0.4 is 5.73 Å². The zero-order chi connectivity index (χ0) is 11.6. The van der Waals surface area contributed by atoms with Crippen LogP contribution in [0.1, 0.15) is 38.3 Å². The summed E-state index contributed by atoms with van der Waals surface area (Å²) in [5, 5.41) is 0. The second-order valence-corrected chi connectivity index (χ2v) is 6.12. The molecule has 0 saturated heterocycles. The summed E-state index contributed by atoms with van der Waals surface area (Å²) in [5.41, 5.74) is 7.55. The number of pyridine rings is 1. The first-order valence-electron chi connectivity index (χ1n) is 5.97. The molecule has 1 heterocycles. The molecule has 2 rings (SSSR count). The van der Waals surface area contributed by atoms with Gasteiger partial charge in [-0.1, -0.05) is 19.8 Å². The minimum absolute atomic E-state index is 0.0293. The Bertz CT molecular complexity index is 349. The summed E-state index contributed by atoms with van der Waals surface area (Å²) >= 11 is 3.40. The van der Waals surface area contributed by atoms with Crippen molar-refractivity contribution in [3.05, 3.63) is 28.5 Å². The molecule has 1 aromatic heterocycles. The smallest absolute Gasteiger partial charge is 0.0422 e. The van der Waals surface area contributed by atoms with E-state index in [-0.39, 0.29) is 5.54 Å². The van der Waals surface area contributed by atoms with E-state index in [4.69, 9.17) is 5.73 Å². The molecular weight excluding hydrogens is 264 g/mol. The molecule has 3 heteroatoms. The van der Waals surface area contributed by atoms with Gasteiger partial charge in [0.25, 0.3) is 0 Å². The molecule has 2 unspecified atom stereocenters. The molecule has 2 atom stereocenters. The van der Waals surface area contributed by atoms with Crippen LogP contribution in [-0.4, -0.2) is 10.5 Å². The van der Waals surface area contributed by atoms with Gasteiger partial charge in [0.15, 0.2) is 0 Å². The van der Waals surface area contributed by atoms with E-state index in [2.05, 4.69) is 33.9 Å². The first-order valence-corrected chi connectivity index (χ1v) is 6.76. The van der Waals surface area contributed by atoms with Crippen molar-refractivity contribution in [2.45, 2.75) is 44.6 Å². The molecular formula is C13H19BrN2. The molecule has 1 aliphatic rings. The Balaban J connectivity index is 2.05. The molecule has 0 bridgehead atoms. The molecule has 0 aromatic carbocycles. The van der Waals surface area contributed by atoms with E-state index in [1.165, 1.54) is 12.8 Å². The van der Waals surface area contributed by atoms with Gasteiger partial charge in [0.05, 0.1) is 0 Å². The number of aromatic nitrogens is 1. The number of rotatable bonds is 2. The van der Waals surface area contributed by atoms with Crippen molar-refractivity contribution in [3.8, 4) is 0 Å². The van der Waals surface area contributed by atoms with Gasteiger partial charge in [0.2, 0.25) is 0 Å². The second-order valence-electron chi connectivity index (χ2n) is 5.21. The van der Waals surface area contributed by atoms with Crippen LogP contribution in [0.3, 0.4) is 0 Å². The van der Waals surface area contributed by atoms with E-state index < -0.39 is 0 Å². The fourth-order valence-electron chi connectivity index (χ4n) is 2.73. The topological polar surface area (TPSA) is 38.9 Å². The van der Waals surface area contributed by atoms with E-state index in [9.17, 15) is 0 Å². The number of nitrogens with two attached hydrogens (primary N) is 1. The van der Waals surface area contributed by atoms with Crippen molar-refractivity contribution >= 4 is 15.9 Å². The molecule has 0 aliphatic heterocycles. The van der Waals surface area contributed by atoms with Crippen molar-refractivity contribution in [1.29, 1.82) is 0 Å². The van der Waals surface area contributed by atoms with Crippen molar-refractivity contribution in [3.63, 3.8) is 0 Å². The zero-order valence-corrected chi connectivity index (χ0v) is 11.3. The number of halogens is 1. The lowest BCUT2D eigenvalue weighted by atomic mass is 9.74. The van der Waals surface area contributed by atoms with Crippen LogP contribution in [0.2, 0.25) is 0 Å². The molecule has 1 aromatic rings. The van der Waals surface area contributed by atoms with Crippen LogP contribution >= 0.6 is 15.9 Å². The molecule has 1 saturated carbocycles. The fourth-order valence-corrected chi connectivity index (χ4v) is 2.97. The number of hydrogen-bond acceptors (Lipinski definition) is 2. The Morgan fingerprint density at radius 1 is 1.56 bits per heavy atom. The van der Waals surface area contributed by atoms with Gasteiger partial charge in [0.1, 0.15) is 0 Å². The van der Waals surface area contributed by atoms with Gasteiger partial charge in [-0.05, 0) is 46.8 Å². The normalized spacial score (nSPS) is 30.3. The maximum Gasteiger partial charge on any atom is 0.0422 e. The maximum absolute atomic E-state index is 6.47. The predicted octanol–water partition coefficient (Wildman–Crippen LogP) is 3.29.